The van der Waals surface area contributed by atoms with Gasteiger partial charge >= 0.3 is 0 Å². The van der Waals surface area contributed by atoms with Crippen molar-refractivity contribution in [3.63, 3.8) is 0 Å². The molecule has 0 spiro atoms. The molecule has 0 unspecified atom stereocenters. The molecule has 1 rings (SSSR count). The summed E-state index contributed by atoms with van der Waals surface area (Å²) < 4.78 is 0. The molecule has 0 aliphatic heterocycles. The number of halogens is 2. The second-order valence-corrected chi connectivity index (χ2v) is 2.14. The van der Waals surface area contributed by atoms with Crippen molar-refractivity contribution in [1.82, 2.24) is 0 Å². The van der Waals surface area contributed by atoms with Crippen molar-refractivity contribution in [3.8, 4) is 0 Å². The third-order valence-electron chi connectivity index (χ3n) is 1.38. The molecule has 0 radical (unpaired) electrons. The SMILES string of the molecule is C=CCCC1=[C-]CC=C1.Cl.Cl.[Hf]. The maximum absolute atomic E-state index is 3.66. The summed E-state index contributed by atoms with van der Waals surface area (Å²) in [7, 11) is 0. The van der Waals surface area contributed by atoms with Gasteiger partial charge in [-0.2, -0.15) is 6.08 Å². The van der Waals surface area contributed by atoms with Gasteiger partial charge in [-0.15, -0.1) is 37.8 Å². The molecule has 3 heteroatoms. The van der Waals surface area contributed by atoms with Crippen LogP contribution in [0.3, 0.4) is 0 Å². The molecule has 0 heterocycles. The molecule has 0 nitrogen and oxygen atoms in total. The van der Waals surface area contributed by atoms with Crippen LogP contribution < -0.4 is 0 Å². The summed E-state index contributed by atoms with van der Waals surface area (Å²) in [5.74, 6) is 0. The van der Waals surface area contributed by atoms with Crippen LogP contribution in [0, 0.1) is 6.08 Å². The topological polar surface area (TPSA) is 0 Å². The number of hydrogen-bond donors (Lipinski definition) is 0. The second-order valence-electron chi connectivity index (χ2n) is 2.14. The third-order valence-corrected chi connectivity index (χ3v) is 1.38. The average molecular weight is 371 g/mol. The molecule has 0 saturated carbocycles. The van der Waals surface area contributed by atoms with Crippen LogP contribution in [0.2, 0.25) is 0 Å². The van der Waals surface area contributed by atoms with Crippen molar-refractivity contribution in [2.45, 2.75) is 19.3 Å². The minimum Gasteiger partial charge on any atom is -0.269 e. The fourth-order valence-electron chi connectivity index (χ4n) is 0.879. The standard InChI is InChI=1S/C9H11.2ClH.Hf/c1-2-3-6-9-7-4-5-8-9;;;/h2,4,7H,1,3,5-6H2;2*1H;/q-1;;;. The van der Waals surface area contributed by atoms with Crippen molar-refractivity contribution in [2.24, 2.45) is 0 Å². The van der Waals surface area contributed by atoms with Gasteiger partial charge in [-0.3, -0.25) is 6.08 Å². The molecule has 0 aromatic rings. The zero-order valence-corrected chi connectivity index (χ0v) is 12.1. The first-order chi connectivity index (χ1) is 4.43. The van der Waals surface area contributed by atoms with E-state index >= 15 is 0 Å². The van der Waals surface area contributed by atoms with E-state index in [4.69, 9.17) is 0 Å². The Kier molecular flexibility index (Phi) is 17.9. The predicted octanol–water partition coefficient (Wildman–Crippen LogP) is 3.48. The summed E-state index contributed by atoms with van der Waals surface area (Å²) in [6.45, 7) is 3.66. The quantitative estimate of drug-likeness (QED) is 0.405. The van der Waals surface area contributed by atoms with E-state index in [9.17, 15) is 0 Å². The van der Waals surface area contributed by atoms with Crippen molar-refractivity contribution < 1.29 is 25.8 Å². The Morgan fingerprint density at radius 3 is 2.58 bits per heavy atom. The van der Waals surface area contributed by atoms with Gasteiger partial charge < -0.3 is 0 Å². The summed E-state index contributed by atoms with van der Waals surface area (Å²) in [6.07, 6.45) is 12.7. The average Bonchev–Trinajstić information content (AvgIpc) is 2.34. The first-order valence-corrected chi connectivity index (χ1v) is 3.30. The molecule has 0 bridgehead atoms. The fourth-order valence-corrected chi connectivity index (χ4v) is 0.879. The molecule has 68 valence electrons. The van der Waals surface area contributed by atoms with Crippen LogP contribution >= 0.6 is 24.8 Å². The third kappa shape index (κ3) is 7.33. The van der Waals surface area contributed by atoms with E-state index in [0.717, 1.165) is 19.3 Å². The van der Waals surface area contributed by atoms with E-state index in [1.807, 2.05) is 6.08 Å². The van der Waals surface area contributed by atoms with E-state index in [2.05, 4.69) is 24.8 Å². The maximum atomic E-state index is 3.66. The van der Waals surface area contributed by atoms with Crippen LogP contribution in [-0.2, 0) is 25.8 Å². The van der Waals surface area contributed by atoms with Crippen molar-refractivity contribution in [1.29, 1.82) is 0 Å². The van der Waals surface area contributed by atoms with Crippen LogP contribution in [0.5, 0.6) is 0 Å². The summed E-state index contributed by atoms with van der Waals surface area (Å²) in [4.78, 5) is 0. The van der Waals surface area contributed by atoms with Crippen LogP contribution in [0.4, 0.5) is 0 Å². The zero-order chi connectivity index (χ0) is 6.53. The van der Waals surface area contributed by atoms with Crippen molar-refractivity contribution in [2.75, 3.05) is 0 Å². The van der Waals surface area contributed by atoms with E-state index in [-0.39, 0.29) is 50.7 Å². The molecule has 12 heavy (non-hydrogen) atoms. The van der Waals surface area contributed by atoms with Crippen LogP contribution in [0.25, 0.3) is 0 Å². The molecule has 1 aliphatic rings. The molecule has 0 amide bonds. The van der Waals surface area contributed by atoms with Gasteiger partial charge in [-0.25, -0.2) is 11.6 Å². The second kappa shape index (κ2) is 11.7. The molecule has 0 atom stereocenters. The fraction of sp³-hybridized carbons (Fsp3) is 0.333. The summed E-state index contributed by atoms with van der Waals surface area (Å²) in [6, 6.07) is 0. The van der Waals surface area contributed by atoms with Crippen molar-refractivity contribution in [3.05, 3.63) is 36.5 Å². The smallest absolute Gasteiger partial charge is 0 e. The Morgan fingerprint density at radius 2 is 2.17 bits per heavy atom. The van der Waals surface area contributed by atoms with Crippen LogP contribution in [0.1, 0.15) is 19.3 Å². The Balaban J connectivity index is -0.000000270. The monoisotopic (exact) mass is 371 g/mol. The summed E-state index contributed by atoms with van der Waals surface area (Å²) in [5, 5.41) is 0. The molecular weight excluding hydrogens is 357 g/mol. The van der Waals surface area contributed by atoms with E-state index in [0.29, 0.717) is 0 Å². The minimum absolute atomic E-state index is 0. The Bertz CT molecular complexity index is 162. The van der Waals surface area contributed by atoms with Gasteiger partial charge in [0.25, 0.3) is 0 Å². The number of allylic oxidation sites excluding steroid dienone is 5. The maximum Gasteiger partial charge on any atom is 0 e. The number of rotatable bonds is 3. The largest absolute Gasteiger partial charge is 0.269 e. The molecule has 0 saturated heterocycles. The van der Waals surface area contributed by atoms with Gasteiger partial charge in [0, 0.05) is 25.8 Å². The van der Waals surface area contributed by atoms with Gasteiger partial charge in [-0.05, 0) is 6.42 Å². The Morgan fingerprint density at radius 1 is 1.50 bits per heavy atom. The van der Waals surface area contributed by atoms with Crippen LogP contribution in [-0.4, -0.2) is 0 Å². The molecule has 0 fully saturated rings. The molecule has 0 N–H and O–H groups in total. The van der Waals surface area contributed by atoms with Crippen LogP contribution in [0.15, 0.2) is 30.4 Å². The molecule has 0 aromatic heterocycles. The zero-order valence-electron chi connectivity index (χ0n) is 6.88. The number of hydrogen-bond acceptors (Lipinski definition) is 0. The van der Waals surface area contributed by atoms with Crippen molar-refractivity contribution >= 4 is 24.8 Å². The van der Waals surface area contributed by atoms with Gasteiger partial charge in [0.1, 0.15) is 0 Å². The summed E-state index contributed by atoms with van der Waals surface area (Å²) >= 11 is 0. The Labute approximate surface area is 106 Å². The predicted molar refractivity (Wildman–Crippen MR) is 54.4 cm³/mol. The van der Waals surface area contributed by atoms with E-state index < -0.39 is 0 Å². The molecular formula is C9H13Cl2Hf-. The molecule has 1 aliphatic carbocycles. The first kappa shape index (κ1) is 18.5. The minimum atomic E-state index is 0. The Hall–Kier alpha value is 0.670. The first-order valence-electron chi connectivity index (χ1n) is 3.30. The van der Waals surface area contributed by atoms with E-state index in [1.165, 1.54) is 5.57 Å². The van der Waals surface area contributed by atoms with Gasteiger partial charge in [0.05, 0.1) is 0 Å². The van der Waals surface area contributed by atoms with Gasteiger partial charge in [0.2, 0.25) is 0 Å². The van der Waals surface area contributed by atoms with E-state index in [1.54, 1.807) is 0 Å². The normalized spacial score (nSPS) is 11.8. The van der Waals surface area contributed by atoms with Gasteiger partial charge in [0.15, 0.2) is 0 Å². The molecule has 0 aromatic carbocycles. The summed E-state index contributed by atoms with van der Waals surface area (Å²) in [5.41, 5.74) is 1.34. The van der Waals surface area contributed by atoms with Gasteiger partial charge in [-0.1, -0.05) is 12.5 Å².